The van der Waals surface area contributed by atoms with Gasteiger partial charge >= 0.3 is 0 Å². The highest BCUT2D eigenvalue weighted by atomic mass is 32.1. The van der Waals surface area contributed by atoms with E-state index in [1.54, 1.807) is 0 Å². The Balaban J connectivity index is 0.000000128. The zero-order valence-electron chi connectivity index (χ0n) is 70.2. The van der Waals surface area contributed by atoms with Crippen molar-refractivity contribution < 1.29 is 0 Å². The molecule has 0 radical (unpaired) electrons. The van der Waals surface area contributed by atoms with Crippen molar-refractivity contribution in [3.63, 3.8) is 0 Å². The van der Waals surface area contributed by atoms with Crippen LogP contribution in [0.15, 0.2) is 437 Å². The summed E-state index contributed by atoms with van der Waals surface area (Å²) in [5, 5.41) is 20.7. The standard InChI is InChI=1S/2C63H36S2/c1-6-29-52-39(16-1)40-17-2-7-30-53(40)63(52)54-31-8-3-18-41(54)46-27-13-28-49(62(46)63)59-44-23-11-21-37(42-25-14-34-57-60(42)47-19-4-9-32-55(47)64-57)50(44)36-51-38(22-12-24-45(51)59)43-26-15-35-58-61(43)48-20-5-10-33-56(48)65-58;1-6-31-54-39(16-1)40-17-2-7-32-55(40)63(54)56-33-8-3-18-41(56)46-25-13-30-51(60(46)63)59-44-23-11-21-37(47-26-14-28-49-42-19-4-9-34-57(42)64-61(47)49)52(44)36-53-38(22-12-24-45(53)59)48-27-15-29-50-43-20-5-10-35-58(43)65-62(48)50/h2*1-36H. The Bertz CT molecular complexity index is 9010. The van der Waals surface area contributed by atoms with Crippen LogP contribution in [0.5, 0.6) is 0 Å². The molecule has 0 bridgehead atoms. The first-order valence-corrected chi connectivity index (χ1v) is 48.3. The smallest absolute Gasteiger partial charge is 0.0731 e. The summed E-state index contributed by atoms with van der Waals surface area (Å²) in [4.78, 5) is 0. The number of fused-ring (bicyclic) bond motifs is 36. The van der Waals surface area contributed by atoms with Crippen molar-refractivity contribution in [2.75, 3.05) is 0 Å². The van der Waals surface area contributed by atoms with Gasteiger partial charge in [0.1, 0.15) is 0 Å². The van der Waals surface area contributed by atoms with Crippen LogP contribution in [-0.2, 0) is 10.8 Å². The number of hydrogen-bond donors (Lipinski definition) is 0. The number of benzene rings is 22. The van der Waals surface area contributed by atoms with Crippen molar-refractivity contribution in [1.82, 2.24) is 0 Å². The molecule has 2 spiro atoms. The molecule has 4 heteroatoms. The molecule has 0 N–H and O–H groups in total. The maximum absolute atomic E-state index is 2.54. The second-order valence-electron chi connectivity index (χ2n) is 35.5. The number of thiophene rings is 4. The first kappa shape index (κ1) is 72.9. The van der Waals surface area contributed by atoms with Gasteiger partial charge in [-0.2, -0.15) is 0 Å². The molecule has 4 aliphatic rings. The second-order valence-corrected chi connectivity index (χ2v) is 39.7. The molecule has 22 aromatic carbocycles. The predicted molar refractivity (Wildman–Crippen MR) is 560 cm³/mol. The molecule has 30 rings (SSSR count). The average Bonchev–Trinajstić information content (AvgIpc) is 1.50. The molecule has 0 saturated heterocycles. The number of hydrogen-bond acceptors (Lipinski definition) is 4. The Morgan fingerprint density at radius 3 is 0.692 bits per heavy atom. The summed E-state index contributed by atoms with van der Waals surface area (Å²) in [6, 6.07) is 166. The van der Waals surface area contributed by atoms with Crippen LogP contribution in [0, 0.1) is 0 Å². The van der Waals surface area contributed by atoms with Crippen molar-refractivity contribution in [1.29, 1.82) is 0 Å². The van der Waals surface area contributed by atoms with Gasteiger partial charge in [0.05, 0.1) is 10.8 Å². The molecule has 0 atom stereocenters. The maximum Gasteiger partial charge on any atom is 0.0731 e. The Labute approximate surface area is 766 Å². The fourth-order valence-electron chi connectivity index (χ4n) is 24.5. The minimum atomic E-state index is -0.498. The predicted octanol–water partition coefficient (Wildman–Crippen LogP) is 36.1. The quantitative estimate of drug-likeness (QED) is 0.146. The summed E-state index contributed by atoms with van der Waals surface area (Å²) in [7, 11) is 0. The largest absolute Gasteiger partial charge is 0.135 e. The fraction of sp³-hybridized carbons (Fsp3) is 0.0159. The van der Waals surface area contributed by atoms with E-state index in [4.69, 9.17) is 0 Å². The minimum Gasteiger partial charge on any atom is -0.135 e. The first-order valence-electron chi connectivity index (χ1n) is 45.0. The second kappa shape index (κ2) is 27.6. The normalized spacial score (nSPS) is 13.4. The van der Waals surface area contributed by atoms with E-state index in [9.17, 15) is 0 Å². The van der Waals surface area contributed by atoms with Gasteiger partial charge in [-0.15, -0.1) is 45.3 Å². The molecule has 0 saturated carbocycles. The van der Waals surface area contributed by atoms with Gasteiger partial charge in [0.15, 0.2) is 0 Å². The molecule has 0 nitrogen and oxygen atoms in total. The maximum atomic E-state index is 2.54. The van der Waals surface area contributed by atoms with Crippen LogP contribution in [0.3, 0.4) is 0 Å². The highest BCUT2D eigenvalue weighted by Gasteiger charge is 2.55. The van der Waals surface area contributed by atoms with E-state index < -0.39 is 10.8 Å². The molecule has 0 fully saturated rings. The van der Waals surface area contributed by atoms with Crippen molar-refractivity contribution in [3.8, 4) is 111 Å². The average molecular weight is 1710 g/mol. The molecule has 0 amide bonds. The third kappa shape index (κ3) is 9.82. The topological polar surface area (TPSA) is 0 Å². The zero-order chi connectivity index (χ0) is 84.8. The molecule has 4 heterocycles. The summed E-state index contributed by atoms with van der Waals surface area (Å²) in [6.45, 7) is 0. The summed E-state index contributed by atoms with van der Waals surface area (Å²) < 4.78 is 10.6. The highest BCUT2D eigenvalue weighted by molar-refractivity contribution is 7.27. The Morgan fingerprint density at radius 1 is 0.131 bits per heavy atom. The lowest BCUT2D eigenvalue weighted by atomic mass is 9.68. The van der Waals surface area contributed by atoms with Crippen LogP contribution in [0.25, 0.3) is 235 Å². The monoisotopic (exact) mass is 1710 g/mol. The van der Waals surface area contributed by atoms with Crippen LogP contribution in [0.1, 0.15) is 44.5 Å². The van der Waals surface area contributed by atoms with Gasteiger partial charge in [0, 0.05) is 91.8 Å². The molecular weight excluding hydrogens is 1640 g/mol. The highest BCUT2D eigenvalue weighted by Crippen LogP contribution is 2.68. The van der Waals surface area contributed by atoms with Gasteiger partial charge in [-0.05, 0) is 236 Å². The van der Waals surface area contributed by atoms with E-state index in [0.29, 0.717) is 0 Å². The minimum absolute atomic E-state index is 0.495. The molecule has 600 valence electrons. The van der Waals surface area contributed by atoms with Crippen molar-refractivity contribution >= 4 is 169 Å². The van der Waals surface area contributed by atoms with Crippen LogP contribution < -0.4 is 0 Å². The van der Waals surface area contributed by atoms with E-state index in [2.05, 4.69) is 437 Å². The van der Waals surface area contributed by atoms with Crippen LogP contribution in [0.4, 0.5) is 0 Å². The van der Waals surface area contributed by atoms with E-state index in [1.807, 2.05) is 45.3 Å². The molecule has 0 unspecified atom stereocenters. The Hall–Kier alpha value is -15.2. The van der Waals surface area contributed by atoms with E-state index in [-0.39, 0.29) is 0 Å². The SMILES string of the molecule is c1ccc2c(c1)-c1ccccc1C21c2ccccc2-c2cccc(-c3c4cccc(-c5cccc6c5sc5ccccc56)c4cc4c(-c5cccc6c5sc5ccccc56)cccc34)c21.c1ccc2c(c1)-c1ccccc1C21c2ccccc2-c2cccc(-c3c4cccc(-c5cccc6sc7ccccc7c56)c4cc4c(-c5cccc6sc7ccccc7c56)cccc34)c21. The van der Waals surface area contributed by atoms with Gasteiger partial charge in [-0.1, -0.05) is 388 Å². The number of rotatable bonds is 6. The van der Waals surface area contributed by atoms with Crippen molar-refractivity contribution in [2.24, 2.45) is 0 Å². The lowest BCUT2D eigenvalue weighted by molar-refractivity contribution is 0.796. The van der Waals surface area contributed by atoms with Crippen molar-refractivity contribution in [2.45, 2.75) is 10.8 Å². The van der Waals surface area contributed by atoms with E-state index in [0.717, 1.165) is 0 Å². The summed E-state index contributed by atoms with van der Waals surface area (Å²) in [5.74, 6) is 0. The van der Waals surface area contributed by atoms with E-state index in [1.165, 1.54) is 280 Å². The third-order valence-corrected chi connectivity index (χ3v) is 34.1. The Kier molecular flexibility index (Phi) is 15.5. The van der Waals surface area contributed by atoms with Gasteiger partial charge in [-0.3, -0.25) is 0 Å². The van der Waals surface area contributed by atoms with Crippen LogP contribution >= 0.6 is 45.3 Å². The van der Waals surface area contributed by atoms with Crippen molar-refractivity contribution in [3.05, 3.63) is 481 Å². The zero-order valence-corrected chi connectivity index (χ0v) is 73.5. The summed E-state index contributed by atoms with van der Waals surface area (Å²) in [5.41, 5.74) is 35.8. The van der Waals surface area contributed by atoms with Crippen LogP contribution in [0.2, 0.25) is 0 Å². The first-order chi connectivity index (χ1) is 64.5. The van der Waals surface area contributed by atoms with E-state index >= 15 is 0 Å². The Morgan fingerprint density at radius 2 is 0.346 bits per heavy atom. The molecule has 4 aromatic heterocycles. The molecular formula is C126H72S4. The molecule has 4 aliphatic carbocycles. The summed E-state index contributed by atoms with van der Waals surface area (Å²) >= 11 is 7.60. The van der Waals surface area contributed by atoms with Gasteiger partial charge in [0.2, 0.25) is 0 Å². The lowest BCUT2D eigenvalue weighted by Gasteiger charge is -2.32. The van der Waals surface area contributed by atoms with Crippen LogP contribution in [-0.4, -0.2) is 0 Å². The molecule has 0 aliphatic heterocycles. The van der Waals surface area contributed by atoms with Gasteiger partial charge in [0.25, 0.3) is 0 Å². The van der Waals surface area contributed by atoms with Gasteiger partial charge in [-0.25, -0.2) is 0 Å². The molecule has 26 aromatic rings. The lowest BCUT2D eigenvalue weighted by Crippen LogP contribution is -2.26. The third-order valence-electron chi connectivity index (χ3n) is 29.4. The summed E-state index contributed by atoms with van der Waals surface area (Å²) in [6.07, 6.45) is 0. The molecule has 130 heavy (non-hydrogen) atoms. The fourth-order valence-corrected chi connectivity index (χ4v) is 29.2. The van der Waals surface area contributed by atoms with Gasteiger partial charge < -0.3 is 0 Å².